The SMILES string of the molecule is CCOC(=O)c1c(COC(=O)[C@@H]2C[C@H]2C)nc2ccccc2c1C. The highest BCUT2D eigenvalue weighted by molar-refractivity contribution is 5.98. The normalized spacial score (nSPS) is 19.1. The number of aromatic nitrogens is 1. The monoisotopic (exact) mass is 327 g/mol. The van der Waals surface area contributed by atoms with Crippen molar-refractivity contribution in [1.82, 2.24) is 4.98 Å². The summed E-state index contributed by atoms with van der Waals surface area (Å²) in [6.07, 6.45) is 0.869. The lowest BCUT2D eigenvalue weighted by Gasteiger charge is -2.14. The van der Waals surface area contributed by atoms with E-state index in [1.54, 1.807) is 6.92 Å². The molecule has 0 saturated heterocycles. The van der Waals surface area contributed by atoms with E-state index in [1.807, 2.05) is 38.1 Å². The predicted octanol–water partition coefficient (Wildman–Crippen LogP) is 3.42. The smallest absolute Gasteiger partial charge is 0.340 e. The fourth-order valence-electron chi connectivity index (χ4n) is 2.92. The van der Waals surface area contributed by atoms with Gasteiger partial charge in [-0.1, -0.05) is 25.1 Å². The molecule has 5 nitrogen and oxygen atoms in total. The molecule has 5 heteroatoms. The summed E-state index contributed by atoms with van der Waals surface area (Å²) in [4.78, 5) is 28.9. The number of carbonyl (C=O) groups excluding carboxylic acids is 2. The van der Waals surface area contributed by atoms with Gasteiger partial charge in [-0.25, -0.2) is 9.78 Å². The van der Waals surface area contributed by atoms with E-state index in [-0.39, 0.29) is 25.1 Å². The van der Waals surface area contributed by atoms with Crippen LogP contribution in [0.25, 0.3) is 10.9 Å². The van der Waals surface area contributed by atoms with Gasteiger partial charge in [0.05, 0.1) is 29.3 Å². The van der Waals surface area contributed by atoms with Gasteiger partial charge < -0.3 is 9.47 Å². The first-order valence-corrected chi connectivity index (χ1v) is 8.24. The molecule has 1 heterocycles. The summed E-state index contributed by atoms with van der Waals surface area (Å²) in [6, 6.07) is 7.59. The zero-order valence-electron chi connectivity index (χ0n) is 14.2. The largest absolute Gasteiger partial charge is 0.462 e. The second-order valence-corrected chi connectivity index (χ2v) is 6.22. The van der Waals surface area contributed by atoms with Crippen molar-refractivity contribution in [2.75, 3.05) is 6.61 Å². The van der Waals surface area contributed by atoms with Crippen molar-refractivity contribution < 1.29 is 19.1 Å². The molecule has 3 rings (SSSR count). The third-order valence-corrected chi connectivity index (χ3v) is 4.47. The van der Waals surface area contributed by atoms with Gasteiger partial charge in [0, 0.05) is 5.39 Å². The Morgan fingerprint density at radius 3 is 2.62 bits per heavy atom. The number of nitrogens with zero attached hydrogens (tertiary/aromatic N) is 1. The van der Waals surface area contributed by atoms with Gasteiger partial charge >= 0.3 is 11.9 Å². The highest BCUT2D eigenvalue weighted by Crippen LogP contribution is 2.38. The average molecular weight is 327 g/mol. The van der Waals surface area contributed by atoms with Crippen LogP contribution in [0.15, 0.2) is 24.3 Å². The highest BCUT2D eigenvalue weighted by Gasteiger charge is 2.40. The molecule has 1 aromatic carbocycles. The summed E-state index contributed by atoms with van der Waals surface area (Å²) >= 11 is 0. The quantitative estimate of drug-likeness (QED) is 0.787. The number of rotatable bonds is 5. The van der Waals surface area contributed by atoms with Crippen LogP contribution in [0.3, 0.4) is 0 Å². The number of carbonyl (C=O) groups is 2. The minimum Gasteiger partial charge on any atom is -0.462 e. The number of esters is 2. The molecular formula is C19H21NO4. The number of benzene rings is 1. The molecule has 0 aliphatic heterocycles. The highest BCUT2D eigenvalue weighted by atomic mass is 16.5. The van der Waals surface area contributed by atoms with Crippen molar-refractivity contribution in [3.05, 3.63) is 41.1 Å². The molecule has 24 heavy (non-hydrogen) atoms. The van der Waals surface area contributed by atoms with E-state index in [1.165, 1.54) is 0 Å². The number of hydrogen-bond donors (Lipinski definition) is 0. The molecule has 2 aromatic rings. The molecule has 2 atom stereocenters. The molecule has 0 unspecified atom stereocenters. The van der Waals surface area contributed by atoms with Crippen LogP contribution in [0.2, 0.25) is 0 Å². The lowest BCUT2D eigenvalue weighted by Crippen LogP contribution is -2.15. The summed E-state index contributed by atoms with van der Waals surface area (Å²) in [5.74, 6) is -0.282. The van der Waals surface area contributed by atoms with Crippen LogP contribution in [-0.2, 0) is 20.9 Å². The number of pyridine rings is 1. The van der Waals surface area contributed by atoms with Gasteiger partial charge in [0.15, 0.2) is 0 Å². The number of hydrogen-bond acceptors (Lipinski definition) is 5. The van der Waals surface area contributed by atoms with Crippen LogP contribution in [0.4, 0.5) is 0 Å². The molecule has 1 aliphatic carbocycles. The third kappa shape index (κ3) is 3.11. The van der Waals surface area contributed by atoms with Gasteiger partial charge in [-0.3, -0.25) is 4.79 Å². The molecule has 126 valence electrons. The Labute approximate surface area is 141 Å². The Bertz CT molecular complexity index is 799. The van der Waals surface area contributed by atoms with Crippen molar-refractivity contribution in [2.24, 2.45) is 11.8 Å². The summed E-state index contributed by atoms with van der Waals surface area (Å²) in [6.45, 7) is 5.92. The van der Waals surface area contributed by atoms with Crippen LogP contribution in [0.5, 0.6) is 0 Å². The maximum absolute atomic E-state index is 12.4. The fourth-order valence-corrected chi connectivity index (χ4v) is 2.92. The fraction of sp³-hybridized carbons (Fsp3) is 0.421. The van der Waals surface area contributed by atoms with Crippen LogP contribution >= 0.6 is 0 Å². The lowest BCUT2D eigenvalue weighted by molar-refractivity contribution is -0.147. The zero-order valence-corrected chi connectivity index (χ0v) is 14.2. The number of aryl methyl sites for hydroxylation is 1. The van der Waals surface area contributed by atoms with E-state index >= 15 is 0 Å². The predicted molar refractivity (Wildman–Crippen MR) is 89.5 cm³/mol. The van der Waals surface area contributed by atoms with E-state index in [0.29, 0.717) is 17.2 Å². The topological polar surface area (TPSA) is 65.5 Å². The molecule has 1 aliphatic rings. The maximum atomic E-state index is 12.4. The van der Waals surface area contributed by atoms with Gasteiger partial charge in [-0.05, 0) is 37.8 Å². The third-order valence-electron chi connectivity index (χ3n) is 4.47. The molecule has 1 aromatic heterocycles. The van der Waals surface area contributed by atoms with Crippen molar-refractivity contribution in [3.8, 4) is 0 Å². The van der Waals surface area contributed by atoms with Gasteiger partial charge in [0.25, 0.3) is 0 Å². The molecule has 0 bridgehead atoms. The molecule has 1 fully saturated rings. The van der Waals surface area contributed by atoms with Gasteiger partial charge in [0.1, 0.15) is 6.61 Å². The first kappa shape index (κ1) is 16.4. The Hall–Kier alpha value is -2.43. The Morgan fingerprint density at radius 2 is 1.96 bits per heavy atom. The van der Waals surface area contributed by atoms with Crippen LogP contribution in [-0.4, -0.2) is 23.5 Å². The molecule has 1 saturated carbocycles. The van der Waals surface area contributed by atoms with Gasteiger partial charge in [-0.2, -0.15) is 0 Å². The second kappa shape index (κ2) is 6.59. The van der Waals surface area contributed by atoms with E-state index in [9.17, 15) is 9.59 Å². The van der Waals surface area contributed by atoms with Crippen LogP contribution in [0.1, 0.15) is 41.9 Å². The van der Waals surface area contributed by atoms with E-state index in [4.69, 9.17) is 9.47 Å². The maximum Gasteiger partial charge on any atom is 0.340 e. The van der Waals surface area contributed by atoms with Crippen LogP contribution in [0, 0.1) is 18.8 Å². The van der Waals surface area contributed by atoms with Crippen molar-refractivity contribution in [3.63, 3.8) is 0 Å². The summed E-state index contributed by atoms with van der Waals surface area (Å²) in [7, 11) is 0. The Morgan fingerprint density at radius 1 is 1.25 bits per heavy atom. The first-order valence-electron chi connectivity index (χ1n) is 8.24. The molecule has 0 amide bonds. The number of para-hydroxylation sites is 1. The van der Waals surface area contributed by atoms with Gasteiger partial charge in [0.2, 0.25) is 0 Å². The number of ether oxygens (including phenoxy) is 2. The van der Waals surface area contributed by atoms with Crippen molar-refractivity contribution in [2.45, 2.75) is 33.8 Å². The molecule has 0 radical (unpaired) electrons. The Balaban J connectivity index is 1.95. The van der Waals surface area contributed by atoms with E-state index in [2.05, 4.69) is 4.98 Å². The molecule has 0 N–H and O–H groups in total. The average Bonchev–Trinajstić information content (AvgIpc) is 3.30. The minimum absolute atomic E-state index is 0.0120. The number of fused-ring (bicyclic) bond motifs is 1. The Kier molecular flexibility index (Phi) is 4.51. The van der Waals surface area contributed by atoms with Crippen LogP contribution < -0.4 is 0 Å². The summed E-state index contributed by atoms with van der Waals surface area (Å²) < 4.78 is 10.5. The molecular weight excluding hydrogens is 306 g/mol. The van der Waals surface area contributed by atoms with Crippen molar-refractivity contribution >= 4 is 22.8 Å². The zero-order chi connectivity index (χ0) is 17.3. The van der Waals surface area contributed by atoms with Gasteiger partial charge in [-0.15, -0.1) is 0 Å². The first-order chi connectivity index (χ1) is 11.5. The van der Waals surface area contributed by atoms with E-state index in [0.717, 1.165) is 22.9 Å². The minimum atomic E-state index is -0.431. The standard InChI is InChI=1S/C19H21NO4/c1-4-23-19(22)17-12(3)13-7-5-6-8-15(13)20-16(17)10-24-18(21)14-9-11(14)2/h5-8,11,14H,4,9-10H2,1-3H3/t11-,14-/m1/s1. The second-order valence-electron chi connectivity index (χ2n) is 6.22. The molecule has 0 spiro atoms. The summed E-state index contributed by atoms with van der Waals surface area (Å²) in [5, 5.41) is 0.895. The van der Waals surface area contributed by atoms with E-state index < -0.39 is 5.97 Å². The lowest BCUT2D eigenvalue weighted by atomic mass is 10.0. The van der Waals surface area contributed by atoms with Crippen molar-refractivity contribution in [1.29, 1.82) is 0 Å². The summed E-state index contributed by atoms with van der Waals surface area (Å²) in [5.41, 5.74) is 2.41.